The van der Waals surface area contributed by atoms with E-state index in [4.69, 9.17) is 0 Å². The Morgan fingerprint density at radius 1 is 1.03 bits per heavy atom. The molecule has 31 heavy (non-hydrogen) atoms. The van der Waals surface area contributed by atoms with Gasteiger partial charge < -0.3 is 5.32 Å². The molecule has 0 spiro atoms. The van der Waals surface area contributed by atoms with E-state index in [1.54, 1.807) is 0 Å². The van der Waals surface area contributed by atoms with Crippen molar-refractivity contribution in [2.75, 3.05) is 0 Å². The van der Waals surface area contributed by atoms with Crippen LogP contribution in [0, 0.1) is 6.92 Å². The summed E-state index contributed by atoms with van der Waals surface area (Å²) in [6.45, 7) is 4.24. The molecule has 1 N–H and O–H groups in total. The van der Waals surface area contributed by atoms with E-state index in [1.165, 1.54) is 5.56 Å². The number of nitrogens with one attached hydrogen (secondary N) is 1. The quantitative estimate of drug-likeness (QED) is 0.460. The van der Waals surface area contributed by atoms with Gasteiger partial charge in [-0.25, -0.2) is 0 Å². The van der Waals surface area contributed by atoms with Crippen LogP contribution >= 0.6 is 0 Å². The van der Waals surface area contributed by atoms with Crippen LogP contribution in [0.3, 0.4) is 0 Å². The molecule has 0 unspecified atom stereocenters. The van der Waals surface area contributed by atoms with E-state index in [0.29, 0.717) is 11.6 Å². The van der Waals surface area contributed by atoms with Crippen LogP contribution in [0.2, 0.25) is 0 Å². The molecule has 0 saturated heterocycles. The zero-order chi connectivity index (χ0) is 21.4. The van der Waals surface area contributed by atoms with E-state index in [2.05, 4.69) is 65.8 Å². The highest BCUT2D eigenvalue weighted by Crippen LogP contribution is 2.33. The molecule has 0 bridgehead atoms. The molecular weight excluding hydrogens is 382 g/mol. The minimum absolute atomic E-state index is 0.00821. The SMILES string of the molecule is CCc1ccccc1-c1nncc2cc(-c3cc(C(=O)NC4CC4)ccc3C)ccc12. The fourth-order valence-electron chi connectivity index (χ4n) is 4.08. The summed E-state index contributed by atoms with van der Waals surface area (Å²) in [6.07, 6.45) is 4.93. The summed E-state index contributed by atoms with van der Waals surface area (Å²) in [5, 5.41) is 14.0. The number of aromatic nitrogens is 2. The Hall–Kier alpha value is -3.53. The second-order valence-electron chi connectivity index (χ2n) is 8.28. The van der Waals surface area contributed by atoms with Gasteiger partial charge in [0.15, 0.2) is 0 Å². The van der Waals surface area contributed by atoms with Crippen molar-refractivity contribution in [3.63, 3.8) is 0 Å². The molecule has 1 aromatic heterocycles. The van der Waals surface area contributed by atoms with Gasteiger partial charge in [0.2, 0.25) is 0 Å². The van der Waals surface area contributed by atoms with Gasteiger partial charge >= 0.3 is 0 Å². The van der Waals surface area contributed by atoms with Crippen LogP contribution in [-0.4, -0.2) is 22.1 Å². The second kappa shape index (κ2) is 7.95. The maximum atomic E-state index is 12.5. The molecular formula is C27H25N3O. The fraction of sp³-hybridized carbons (Fsp3) is 0.222. The van der Waals surface area contributed by atoms with Crippen molar-refractivity contribution in [3.05, 3.63) is 83.6 Å². The molecule has 1 heterocycles. The van der Waals surface area contributed by atoms with Crippen molar-refractivity contribution in [1.82, 2.24) is 15.5 Å². The summed E-state index contributed by atoms with van der Waals surface area (Å²) in [5.41, 5.74) is 7.30. The lowest BCUT2D eigenvalue weighted by molar-refractivity contribution is 0.0951. The Balaban J connectivity index is 1.57. The molecule has 1 saturated carbocycles. The normalized spacial score (nSPS) is 13.4. The molecule has 1 aliphatic carbocycles. The van der Waals surface area contributed by atoms with Gasteiger partial charge in [-0.15, -0.1) is 5.10 Å². The zero-order valence-corrected chi connectivity index (χ0v) is 17.9. The first kappa shape index (κ1) is 19.4. The van der Waals surface area contributed by atoms with E-state index in [1.807, 2.05) is 30.5 Å². The van der Waals surface area contributed by atoms with Gasteiger partial charge in [0, 0.05) is 27.9 Å². The third kappa shape index (κ3) is 3.81. The lowest BCUT2D eigenvalue weighted by atomic mass is 9.94. The number of carbonyl (C=O) groups excluding carboxylic acids is 1. The average Bonchev–Trinajstić information content (AvgIpc) is 3.62. The second-order valence-corrected chi connectivity index (χ2v) is 8.28. The van der Waals surface area contributed by atoms with Crippen LogP contribution in [0.1, 0.15) is 41.3 Å². The molecule has 4 nitrogen and oxygen atoms in total. The van der Waals surface area contributed by atoms with E-state index < -0.39 is 0 Å². The first-order chi connectivity index (χ1) is 15.1. The number of amides is 1. The molecule has 0 radical (unpaired) electrons. The Labute approximate surface area is 182 Å². The van der Waals surface area contributed by atoms with Crippen molar-refractivity contribution < 1.29 is 4.79 Å². The molecule has 1 fully saturated rings. The summed E-state index contributed by atoms with van der Waals surface area (Å²) in [7, 11) is 0. The number of rotatable bonds is 5. The van der Waals surface area contributed by atoms with Crippen molar-refractivity contribution in [3.8, 4) is 22.4 Å². The molecule has 1 aliphatic rings. The van der Waals surface area contributed by atoms with E-state index in [0.717, 1.165) is 58.0 Å². The first-order valence-electron chi connectivity index (χ1n) is 10.9. The topological polar surface area (TPSA) is 54.9 Å². The average molecular weight is 408 g/mol. The van der Waals surface area contributed by atoms with Gasteiger partial charge in [-0.05, 0) is 66.6 Å². The van der Waals surface area contributed by atoms with Crippen LogP contribution in [0.4, 0.5) is 0 Å². The number of hydrogen-bond donors (Lipinski definition) is 1. The first-order valence-corrected chi connectivity index (χ1v) is 10.9. The van der Waals surface area contributed by atoms with Crippen molar-refractivity contribution in [1.29, 1.82) is 0 Å². The molecule has 3 aromatic carbocycles. The summed E-state index contributed by atoms with van der Waals surface area (Å²) in [6, 6.07) is 21.0. The minimum Gasteiger partial charge on any atom is -0.349 e. The van der Waals surface area contributed by atoms with Crippen LogP contribution in [0.15, 0.2) is 66.9 Å². The van der Waals surface area contributed by atoms with Crippen LogP contribution in [0.5, 0.6) is 0 Å². The van der Waals surface area contributed by atoms with Crippen molar-refractivity contribution in [2.24, 2.45) is 0 Å². The van der Waals surface area contributed by atoms with E-state index in [-0.39, 0.29) is 5.91 Å². The minimum atomic E-state index is 0.00821. The predicted molar refractivity (Wildman–Crippen MR) is 125 cm³/mol. The molecule has 5 rings (SSSR count). The van der Waals surface area contributed by atoms with Gasteiger partial charge in [-0.3, -0.25) is 4.79 Å². The van der Waals surface area contributed by atoms with Crippen LogP contribution < -0.4 is 5.32 Å². The monoisotopic (exact) mass is 407 g/mol. The third-order valence-electron chi connectivity index (χ3n) is 6.04. The third-order valence-corrected chi connectivity index (χ3v) is 6.04. The summed E-state index contributed by atoms with van der Waals surface area (Å²) >= 11 is 0. The Kier molecular flexibility index (Phi) is 4.99. The standard InChI is InChI=1S/C27H25N3O/c1-3-18-6-4-5-7-23(18)26-24-13-10-19(14-21(24)16-28-30-26)25-15-20(9-8-17(25)2)27(31)29-22-11-12-22/h4-10,13-16,22H,3,11-12H2,1-2H3,(H,29,31). The smallest absolute Gasteiger partial charge is 0.251 e. The molecule has 4 heteroatoms. The van der Waals surface area contributed by atoms with Gasteiger partial charge in [-0.1, -0.05) is 49.4 Å². The van der Waals surface area contributed by atoms with Gasteiger partial charge in [-0.2, -0.15) is 5.10 Å². The summed E-state index contributed by atoms with van der Waals surface area (Å²) in [4.78, 5) is 12.5. The Morgan fingerprint density at radius 2 is 1.87 bits per heavy atom. The predicted octanol–water partition coefficient (Wildman–Crippen LogP) is 5.73. The number of aryl methyl sites for hydroxylation is 2. The molecule has 0 aliphatic heterocycles. The highest BCUT2D eigenvalue weighted by molar-refractivity contribution is 5.99. The maximum absolute atomic E-state index is 12.5. The zero-order valence-electron chi connectivity index (χ0n) is 17.9. The lowest BCUT2D eigenvalue weighted by Gasteiger charge is -2.12. The number of fused-ring (bicyclic) bond motifs is 1. The highest BCUT2D eigenvalue weighted by atomic mass is 16.1. The highest BCUT2D eigenvalue weighted by Gasteiger charge is 2.24. The van der Waals surface area contributed by atoms with Gasteiger partial charge in [0.05, 0.1) is 6.20 Å². The molecule has 4 aromatic rings. The summed E-state index contributed by atoms with van der Waals surface area (Å²) < 4.78 is 0. The number of carbonyl (C=O) groups is 1. The number of hydrogen-bond acceptors (Lipinski definition) is 3. The molecule has 1 amide bonds. The Morgan fingerprint density at radius 3 is 2.68 bits per heavy atom. The van der Waals surface area contributed by atoms with E-state index >= 15 is 0 Å². The van der Waals surface area contributed by atoms with Crippen LogP contribution in [0.25, 0.3) is 33.2 Å². The fourth-order valence-corrected chi connectivity index (χ4v) is 4.08. The lowest BCUT2D eigenvalue weighted by Crippen LogP contribution is -2.25. The number of benzene rings is 3. The summed E-state index contributed by atoms with van der Waals surface area (Å²) in [5.74, 6) is 0.00821. The maximum Gasteiger partial charge on any atom is 0.251 e. The number of nitrogens with zero attached hydrogens (tertiary/aromatic N) is 2. The van der Waals surface area contributed by atoms with Gasteiger partial charge in [0.25, 0.3) is 5.91 Å². The van der Waals surface area contributed by atoms with Gasteiger partial charge in [0.1, 0.15) is 5.69 Å². The molecule has 0 atom stereocenters. The Bertz CT molecular complexity index is 1290. The van der Waals surface area contributed by atoms with Crippen molar-refractivity contribution >= 4 is 16.7 Å². The largest absolute Gasteiger partial charge is 0.349 e. The molecule has 154 valence electrons. The van der Waals surface area contributed by atoms with Crippen molar-refractivity contribution in [2.45, 2.75) is 39.2 Å². The van der Waals surface area contributed by atoms with E-state index in [9.17, 15) is 4.79 Å². The van der Waals surface area contributed by atoms with Crippen LogP contribution in [-0.2, 0) is 6.42 Å².